The van der Waals surface area contributed by atoms with Crippen LogP contribution in [0.5, 0.6) is 0 Å². The molecular formula is C16H28N2O4. The Morgan fingerprint density at radius 1 is 1.23 bits per heavy atom. The number of alkyl carbamates (subject to hydrolysis) is 1. The van der Waals surface area contributed by atoms with E-state index in [-0.39, 0.29) is 17.6 Å². The molecule has 1 unspecified atom stereocenters. The van der Waals surface area contributed by atoms with Crippen molar-refractivity contribution in [3.8, 4) is 0 Å². The van der Waals surface area contributed by atoms with Gasteiger partial charge in [-0.05, 0) is 46.5 Å². The van der Waals surface area contributed by atoms with Crippen molar-refractivity contribution in [2.45, 2.75) is 76.5 Å². The Labute approximate surface area is 132 Å². The third-order valence-corrected chi connectivity index (χ3v) is 4.14. The molecule has 6 heteroatoms. The third-order valence-electron chi connectivity index (χ3n) is 4.14. The van der Waals surface area contributed by atoms with Gasteiger partial charge in [0.15, 0.2) is 0 Å². The Hall–Kier alpha value is -1.30. The minimum absolute atomic E-state index is 0.0506. The van der Waals surface area contributed by atoms with E-state index in [0.29, 0.717) is 13.2 Å². The van der Waals surface area contributed by atoms with Crippen molar-refractivity contribution in [2.75, 3.05) is 13.2 Å². The summed E-state index contributed by atoms with van der Waals surface area (Å²) in [4.78, 5) is 24.1. The van der Waals surface area contributed by atoms with E-state index in [4.69, 9.17) is 9.47 Å². The van der Waals surface area contributed by atoms with Crippen LogP contribution < -0.4 is 10.6 Å². The van der Waals surface area contributed by atoms with Gasteiger partial charge in [-0.3, -0.25) is 4.79 Å². The molecule has 2 amide bonds. The summed E-state index contributed by atoms with van der Waals surface area (Å²) in [7, 11) is 0. The summed E-state index contributed by atoms with van der Waals surface area (Å²) in [5.74, 6) is -0.0506. The highest BCUT2D eigenvalue weighted by Crippen LogP contribution is 2.30. The molecule has 0 aromatic heterocycles. The lowest BCUT2D eigenvalue weighted by molar-refractivity contribution is -0.132. The number of hydrogen-bond donors (Lipinski definition) is 2. The summed E-state index contributed by atoms with van der Waals surface area (Å²) < 4.78 is 10.7. The maximum absolute atomic E-state index is 12.3. The first-order valence-corrected chi connectivity index (χ1v) is 8.20. The Balaban J connectivity index is 1.88. The first-order chi connectivity index (χ1) is 10.3. The Morgan fingerprint density at radius 2 is 1.91 bits per heavy atom. The van der Waals surface area contributed by atoms with E-state index >= 15 is 0 Å². The van der Waals surface area contributed by atoms with Crippen LogP contribution in [0.4, 0.5) is 4.79 Å². The maximum atomic E-state index is 12.3. The van der Waals surface area contributed by atoms with Crippen molar-refractivity contribution in [3.05, 3.63) is 0 Å². The van der Waals surface area contributed by atoms with E-state index in [1.807, 2.05) is 20.8 Å². The zero-order valence-electron chi connectivity index (χ0n) is 13.9. The predicted molar refractivity (Wildman–Crippen MR) is 82.6 cm³/mol. The number of nitrogens with one attached hydrogen (secondary N) is 2. The molecule has 0 bridgehead atoms. The van der Waals surface area contributed by atoms with Crippen LogP contribution in [0, 0.1) is 0 Å². The Bertz CT molecular complexity index is 405. The first-order valence-electron chi connectivity index (χ1n) is 8.20. The molecule has 0 aromatic rings. The van der Waals surface area contributed by atoms with Gasteiger partial charge >= 0.3 is 6.09 Å². The average molecular weight is 312 g/mol. The van der Waals surface area contributed by atoms with E-state index in [1.165, 1.54) is 0 Å². The minimum atomic E-state index is -0.520. The number of ether oxygens (including phenoxy) is 2. The van der Waals surface area contributed by atoms with E-state index < -0.39 is 11.7 Å². The van der Waals surface area contributed by atoms with Crippen molar-refractivity contribution < 1.29 is 19.1 Å². The molecule has 0 aromatic carbocycles. The normalized spacial score (nSPS) is 24.0. The molecule has 2 rings (SSSR count). The second-order valence-corrected chi connectivity index (χ2v) is 7.33. The zero-order chi connectivity index (χ0) is 16.2. The van der Waals surface area contributed by atoms with Gasteiger partial charge in [-0.15, -0.1) is 0 Å². The molecule has 1 aliphatic heterocycles. The lowest BCUT2D eigenvalue weighted by Gasteiger charge is -2.32. The molecule has 22 heavy (non-hydrogen) atoms. The van der Waals surface area contributed by atoms with Crippen LogP contribution in [0.2, 0.25) is 0 Å². The summed E-state index contributed by atoms with van der Waals surface area (Å²) >= 11 is 0. The van der Waals surface area contributed by atoms with Gasteiger partial charge in [0.1, 0.15) is 11.7 Å². The van der Waals surface area contributed by atoms with Crippen molar-refractivity contribution >= 4 is 12.0 Å². The fourth-order valence-corrected chi connectivity index (χ4v) is 3.08. The van der Waals surface area contributed by atoms with Gasteiger partial charge in [0.25, 0.3) is 0 Å². The summed E-state index contributed by atoms with van der Waals surface area (Å²) in [6.07, 6.45) is 4.80. The molecule has 0 spiro atoms. The third kappa shape index (κ3) is 4.87. The molecular weight excluding hydrogens is 284 g/mol. The monoisotopic (exact) mass is 312 g/mol. The number of carbonyl (C=O) groups is 2. The number of amides is 2. The second kappa shape index (κ2) is 6.86. The Kier molecular flexibility index (Phi) is 5.32. The summed E-state index contributed by atoms with van der Waals surface area (Å²) in [5, 5.41) is 5.92. The average Bonchev–Trinajstić information content (AvgIpc) is 3.06. The maximum Gasteiger partial charge on any atom is 0.407 e. The fraction of sp³-hybridized carbons (Fsp3) is 0.875. The van der Waals surface area contributed by atoms with Crippen LogP contribution in [-0.2, 0) is 14.3 Å². The fourth-order valence-electron chi connectivity index (χ4n) is 3.08. The van der Waals surface area contributed by atoms with Crippen LogP contribution in [0.3, 0.4) is 0 Å². The van der Waals surface area contributed by atoms with Crippen molar-refractivity contribution in [3.63, 3.8) is 0 Å². The van der Waals surface area contributed by atoms with Crippen molar-refractivity contribution in [1.29, 1.82) is 0 Å². The van der Waals surface area contributed by atoms with E-state index in [2.05, 4.69) is 10.6 Å². The van der Waals surface area contributed by atoms with Gasteiger partial charge in [-0.2, -0.15) is 0 Å². The molecule has 2 fully saturated rings. The predicted octanol–water partition coefficient (Wildman–Crippen LogP) is 2.12. The Morgan fingerprint density at radius 3 is 2.45 bits per heavy atom. The van der Waals surface area contributed by atoms with Gasteiger partial charge < -0.3 is 20.1 Å². The summed E-state index contributed by atoms with van der Waals surface area (Å²) in [5.41, 5.74) is -0.881. The van der Waals surface area contributed by atoms with Crippen molar-refractivity contribution in [1.82, 2.24) is 10.6 Å². The molecule has 6 nitrogen and oxygen atoms in total. The molecule has 1 atom stereocenters. The molecule has 1 aliphatic carbocycles. The lowest BCUT2D eigenvalue weighted by Crippen LogP contribution is -2.56. The molecule has 0 radical (unpaired) electrons. The quantitative estimate of drug-likeness (QED) is 0.833. The van der Waals surface area contributed by atoms with Crippen LogP contribution >= 0.6 is 0 Å². The SMILES string of the molecule is CC(C)(C)OC(=O)NCC1(NC(=O)C2CCCO2)CCCC1. The minimum Gasteiger partial charge on any atom is -0.444 e. The zero-order valence-corrected chi connectivity index (χ0v) is 13.9. The molecule has 1 saturated heterocycles. The van der Waals surface area contributed by atoms with Gasteiger partial charge in [0.2, 0.25) is 5.91 Å². The van der Waals surface area contributed by atoms with E-state index in [1.54, 1.807) is 0 Å². The van der Waals surface area contributed by atoms with Crippen LogP contribution in [0.1, 0.15) is 59.3 Å². The van der Waals surface area contributed by atoms with Gasteiger partial charge in [0, 0.05) is 13.2 Å². The lowest BCUT2D eigenvalue weighted by atomic mass is 9.96. The molecule has 2 aliphatic rings. The highest BCUT2D eigenvalue weighted by molar-refractivity contribution is 5.82. The number of carbonyl (C=O) groups excluding carboxylic acids is 2. The van der Waals surface area contributed by atoms with Gasteiger partial charge in [-0.25, -0.2) is 4.79 Å². The smallest absolute Gasteiger partial charge is 0.407 e. The molecule has 1 saturated carbocycles. The van der Waals surface area contributed by atoms with Gasteiger partial charge in [-0.1, -0.05) is 12.8 Å². The van der Waals surface area contributed by atoms with E-state index in [9.17, 15) is 9.59 Å². The topological polar surface area (TPSA) is 76.7 Å². The van der Waals surface area contributed by atoms with Crippen LogP contribution in [0.15, 0.2) is 0 Å². The standard InChI is InChI=1S/C16H28N2O4/c1-15(2,3)22-14(20)17-11-16(8-4-5-9-16)18-13(19)12-7-6-10-21-12/h12H,4-11H2,1-3H3,(H,17,20)(H,18,19). The number of hydrogen-bond acceptors (Lipinski definition) is 4. The van der Waals surface area contributed by atoms with Crippen molar-refractivity contribution in [2.24, 2.45) is 0 Å². The molecule has 126 valence electrons. The highest BCUT2D eigenvalue weighted by Gasteiger charge is 2.38. The van der Waals surface area contributed by atoms with Crippen LogP contribution in [0.25, 0.3) is 0 Å². The van der Waals surface area contributed by atoms with Crippen LogP contribution in [-0.4, -0.2) is 42.4 Å². The summed E-state index contributed by atoms with van der Waals surface area (Å²) in [6.45, 7) is 6.55. The van der Waals surface area contributed by atoms with Gasteiger partial charge in [0.05, 0.1) is 5.54 Å². The second-order valence-electron chi connectivity index (χ2n) is 7.33. The molecule has 1 heterocycles. The largest absolute Gasteiger partial charge is 0.444 e. The number of rotatable bonds is 4. The summed E-state index contributed by atoms with van der Waals surface area (Å²) in [6, 6.07) is 0. The highest BCUT2D eigenvalue weighted by atomic mass is 16.6. The first kappa shape index (κ1) is 17.1. The van der Waals surface area contributed by atoms with E-state index in [0.717, 1.165) is 38.5 Å². The molecule has 2 N–H and O–H groups in total.